The molecule has 0 unspecified atom stereocenters. The van der Waals surface area contributed by atoms with Crippen molar-refractivity contribution in [3.8, 4) is 5.75 Å². The molecule has 2 aliphatic rings. The summed E-state index contributed by atoms with van der Waals surface area (Å²) < 4.78 is 8.28. The van der Waals surface area contributed by atoms with Crippen LogP contribution in [0.3, 0.4) is 0 Å². The molecular formula is C20H25N3O. The Bertz CT molecular complexity index is 726. The molecule has 2 heterocycles. The van der Waals surface area contributed by atoms with Gasteiger partial charge < -0.3 is 4.74 Å². The van der Waals surface area contributed by atoms with E-state index in [1.807, 2.05) is 31.5 Å². The maximum absolute atomic E-state index is 6.02. The average molecular weight is 323 g/mol. The standard InChI is InChI=1S/C20H25N3O/c1-15-9-10-18(13-21-15)24-14-16-5-2-3-8-19(16)20-11-12-22-23(20)17-6-4-7-17/h9-13,17H,2-8,14H2,1H3. The van der Waals surface area contributed by atoms with E-state index in [1.165, 1.54) is 48.9 Å². The summed E-state index contributed by atoms with van der Waals surface area (Å²) in [7, 11) is 0. The molecule has 4 nitrogen and oxygen atoms in total. The van der Waals surface area contributed by atoms with E-state index in [0.29, 0.717) is 12.6 Å². The van der Waals surface area contributed by atoms with Gasteiger partial charge in [-0.1, -0.05) is 0 Å². The monoisotopic (exact) mass is 323 g/mol. The first-order valence-electron chi connectivity index (χ1n) is 9.11. The Morgan fingerprint density at radius 2 is 2.00 bits per heavy atom. The van der Waals surface area contributed by atoms with Crippen molar-refractivity contribution in [2.45, 2.75) is 57.9 Å². The molecule has 4 heteroatoms. The fourth-order valence-electron chi connectivity index (χ4n) is 3.62. The molecule has 1 saturated carbocycles. The van der Waals surface area contributed by atoms with Gasteiger partial charge in [0.05, 0.1) is 17.9 Å². The lowest BCUT2D eigenvalue weighted by Crippen LogP contribution is -2.21. The van der Waals surface area contributed by atoms with Gasteiger partial charge in [0.25, 0.3) is 0 Å². The van der Waals surface area contributed by atoms with Crippen LogP contribution in [0.4, 0.5) is 0 Å². The Morgan fingerprint density at radius 3 is 2.75 bits per heavy atom. The Labute approximate surface area is 143 Å². The van der Waals surface area contributed by atoms with Gasteiger partial charge in [-0.2, -0.15) is 5.10 Å². The lowest BCUT2D eigenvalue weighted by molar-refractivity contribution is 0.286. The minimum absolute atomic E-state index is 0.605. The minimum atomic E-state index is 0.605. The second kappa shape index (κ2) is 6.80. The summed E-state index contributed by atoms with van der Waals surface area (Å²) in [5.74, 6) is 0.852. The van der Waals surface area contributed by atoms with Gasteiger partial charge in [-0.3, -0.25) is 9.67 Å². The van der Waals surface area contributed by atoms with Crippen LogP contribution in [0.2, 0.25) is 0 Å². The molecule has 126 valence electrons. The average Bonchev–Trinajstić information content (AvgIpc) is 3.02. The van der Waals surface area contributed by atoms with Gasteiger partial charge in [-0.25, -0.2) is 0 Å². The topological polar surface area (TPSA) is 39.9 Å². The SMILES string of the molecule is Cc1ccc(OCC2=C(c3ccnn3C3CCC3)CCCC2)cn1. The number of aryl methyl sites for hydroxylation is 1. The van der Waals surface area contributed by atoms with Crippen molar-refractivity contribution < 1.29 is 4.74 Å². The third kappa shape index (κ3) is 3.10. The number of hydrogen-bond donors (Lipinski definition) is 0. The third-order valence-electron chi connectivity index (χ3n) is 5.28. The van der Waals surface area contributed by atoms with Crippen molar-refractivity contribution in [2.24, 2.45) is 0 Å². The molecule has 0 N–H and O–H groups in total. The van der Waals surface area contributed by atoms with Crippen molar-refractivity contribution >= 4 is 5.57 Å². The number of pyridine rings is 1. The Morgan fingerprint density at radius 1 is 1.12 bits per heavy atom. The fraction of sp³-hybridized carbons (Fsp3) is 0.500. The molecule has 2 aromatic heterocycles. The molecule has 0 aromatic carbocycles. The van der Waals surface area contributed by atoms with Crippen LogP contribution in [0.1, 0.15) is 62.4 Å². The first kappa shape index (κ1) is 15.4. The lowest BCUT2D eigenvalue weighted by Gasteiger charge is -2.29. The normalized spacial score (nSPS) is 18.5. The van der Waals surface area contributed by atoms with Crippen molar-refractivity contribution in [1.29, 1.82) is 0 Å². The van der Waals surface area contributed by atoms with Gasteiger partial charge in [0, 0.05) is 11.9 Å². The predicted octanol–water partition coefficient (Wildman–Crippen LogP) is 4.72. The van der Waals surface area contributed by atoms with E-state index < -0.39 is 0 Å². The second-order valence-corrected chi connectivity index (χ2v) is 6.96. The predicted molar refractivity (Wildman–Crippen MR) is 95.0 cm³/mol. The number of aromatic nitrogens is 3. The van der Waals surface area contributed by atoms with E-state index >= 15 is 0 Å². The molecule has 2 aromatic rings. The van der Waals surface area contributed by atoms with Gasteiger partial charge in [0.2, 0.25) is 0 Å². The number of hydrogen-bond acceptors (Lipinski definition) is 3. The van der Waals surface area contributed by atoms with Gasteiger partial charge in [0.15, 0.2) is 0 Å². The van der Waals surface area contributed by atoms with Crippen LogP contribution in [-0.2, 0) is 0 Å². The van der Waals surface area contributed by atoms with E-state index in [1.54, 1.807) is 0 Å². The van der Waals surface area contributed by atoms with Crippen molar-refractivity contribution in [1.82, 2.24) is 14.8 Å². The highest BCUT2D eigenvalue weighted by molar-refractivity contribution is 5.67. The first-order chi connectivity index (χ1) is 11.8. The molecule has 0 radical (unpaired) electrons. The lowest BCUT2D eigenvalue weighted by atomic mass is 9.88. The summed E-state index contributed by atoms with van der Waals surface area (Å²) in [6.07, 6.45) is 12.4. The highest BCUT2D eigenvalue weighted by Crippen LogP contribution is 2.37. The van der Waals surface area contributed by atoms with E-state index in [2.05, 4.69) is 20.8 Å². The van der Waals surface area contributed by atoms with Gasteiger partial charge in [0.1, 0.15) is 12.4 Å². The van der Waals surface area contributed by atoms with Crippen molar-refractivity contribution in [2.75, 3.05) is 6.61 Å². The zero-order chi connectivity index (χ0) is 16.4. The Balaban J connectivity index is 1.56. The summed E-state index contributed by atoms with van der Waals surface area (Å²) in [4.78, 5) is 4.31. The molecule has 2 aliphatic carbocycles. The van der Waals surface area contributed by atoms with E-state index in [-0.39, 0.29) is 0 Å². The van der Waals surface area contributed by atoms with Crippen LogP contribution in [0, 0.1) is 6.92 Å². The maximum atomic E-state index is 6.02. The Kier molecular flexibility index (Phi) is 4.37. The highest BCUT2D eigenvalue weighted by Gasteiger charge is 2.25. The zero-order valence-corrected chi connectivity index (χ0v) is 14.4. The molecule has 24 heavy (non-hydrogen) atoms. The van der Waals surface area contributed by atoms with Crippen LogP contribution < -0.4 is 4.74 Å². The van der Waals surface area contributed by atoms with E-state index in [9.17, 15) is 0 Å². The summed E-state index contributed by atoms with van der Waals surface area (Å²) in [6, 6.07) is 6.79. The number of rotatable bonds is 5. The molecular weight excluding hydrogens is 298 g/mol. The van der Waals surface area contributed by atoms with Gasteiger partial charge in [-0.15, -0.1) is 0 Å². The van der Waals surface area contributed by atoms with Gasteiger partial charge in [-0.05, 0) is 81.2 Å². The number of ether oxygens (including phenoxy) is 1. The van der Waals surface area contributed by atoms with Crippen LogP contribution in [0.25, 0.3) is 5.57 Å². The second-order valence-electron chi connectivity index (χ2n) is 6.96. The Hall–Kier alpha value is -2.10. The van der Waals surface area contributed by atoms with E-state index in [0.717, 1.165) is 24.3 Å². The minimum Gasteiger partial charge on any atom is -0.488 e. The maximum Gasteiger partial charge on any atom is 0.138 e. The first-order valence-corrected chi connectivity index (χ1v) is 9.11. The zero-order valence-electron chi connectivity index (χ0n) is 14.4. The molecule has 1 fully saturated rings. The summed E-state index contributed by atoms with van der Waals surface area (Å²) >= 11 is 0. The molecule has 0 bridgehead atoms. The van der Waals surface area contributed by atoms with Crippen LogP contribution in [0.5, 0.6) is 5.75 Å². The van der Waals surface area contributed by atoms with Gasteiger partial charge >= 0.3 is 0 Å². The molecule has 0 saturated heterocycles. The summed E-state index contributed by atoms with van der Waals surface area (Å²) in [5, 5.41) is 4.61. The van der Waals surface area contributed by atoms with Crippen LogP contribution in [0.15, 0.2) is 36.2 Å². The smallest absolute Gasteiger partial charge is 0.138 e. The van der Waals surface area contributed by atoms with Crippen molar-refractivity contribution in [3.05, 3.63) is 47.6 Å². The largest absolute Gasteiger partial charge is 0.488 e. The third-order valence-corrected chi connectivity index (χ3v) is 5.28. The number of allylic oxidation sites excluding steroid dienone is 1. The molecule has 0 amide bonds. The van der Waals surface area contributed by atoms with Crippen molar-refractivity contribution in [3.63, 3.8) is 0 Å². The quantitative estimate of drug-likeness (QED) is 0.799. The molecule has 0 aliphatic heterocycles. The molecule has 0 atom stereocenters. The summed E-state index contributed by atoms with van der Waals surface area (Å²) in [6.45, 7) is 2.66. The number of nitrogens with zero attached hydrogens (tertiary/aromatic N) is 3. The highest BCUT2D eigenvalue weighted by atomic mass is 16.5. The molecule has 0 spiro atoms. The summed E-state index contributed by atoms with van der Waals surface area (Å²) in [5.41, 5.74) is 5.23. The van der Waals surface area contributed by atoms with E-state index in [4.69, 9.17) is 4.74 Å². The molecule has 4 rings (SSSR count). The van der Waals surface area contributed by atoms with Crippen LogP contribution >= 0.6 is 0 Å². The van der Waals surface area contributed by atoms with Crippen LogP contribution in [-0.4, -0.2) is 21.4 Å². The fourth-order valence-corrected chi connectivity index (χ4v) is 3.62.